The number of hydrogen-bond donors (Lipinski definition) is 2. The van der Waals surface area contributed by atoms with Gasteiger partial charge < -0.3 is 15.4 Å². The van der Waals surface area contributed by atoms with Gasteiger partial charge in [-0.2, -0.15) is 0 Å². The van der Waals surface area contributed by atoms with Crippen LogP contribution in [0.2, 0.25) is 0 Å². The zero-order valence-corrected chi connectivity index (χ0v) is 15.4. The Labute approximate surface area is 158 Å². The van der Waals surface area contributed by atoms with Gasteiger partial charge in [0.25, 0.3) is 5.91 Å². The highest BCUT2D eigenvalue weighted by atomic mass is 16.5. The molecule has 0 aliphatic heterocycles. The molecule has 0 atom stereocenters. The van der Waals surface area contributed by atoms with Crippen molar-refractivity contribution < 1.29 is 9.53 Å². The topological polar surface area (TPSA) is 76.1 Å². The van der Waals surface area contributed by atoms with E-state index in [1.54, 1.807) is 0 Å². The maximum absolute atomic E-state index is 12.4. The number of benzene rings is 2. The van der Waals surface area contributed by atoms with E-state index < -0.39 is 0 Å². The van der Waals surface area contributed by atoms with Crippen LogP contribution in [0.5, 0.6) is 5.75 Å². The summed E-state index contributed by atoms with van der Waals surface area (Å²) in [5, 5.41) is 6.04. The van der Waals surface area contributed by atoms with Crippen molar-refractivity contribution in [3.63, 3.8) is 0 Å². The maximum Gasteiger partial charge on any atom is 0.275 e. The number of amides is 1. The van der Waals surface area contributed by atoms with E-state index in [-0.39, 0.29) is 11.6 Å². The van der Waals surface area contributed by atoms with Crippen LogP contribution in [0.25, 0.3) is 0 Å². The molecule has 1 heterocycles. The SMILES string of the molecule is CCOc1ccc(Nc2cnc(C(=O)Nc3ccccc3CC)cn2)cc1. The van der Waals surface area contributed by atoms with E-state index in [2.05, 4.69) is 20.6 Å². The second-order valence-corrected chi connectivity index (χ2v) is 5.83. The zero-order valence-electron chi connectivity index (χ0n) is 15.4. The fourth-order valence-electron chi connectivity index (χ4n) is 2.60. The normalized spacial score (nSPS) is 10.3. The van der Waals surface area contributed by atoms with Crippen molar-refractivity contribution in [1.82, 2.24) is 9.97 Å². The molecule has 1 aromatic heterocycles. The van der Waals surface area contributed by atoms with E-state index in [9.17, 15) is 4.79 Å². The highest BCUT2D eigenvalue weighted by Crippen LogP contribution is 2.19. The first-order chi connectivity index (χ1) is 13.2. The minimum atomic E-state index is -0.281. The van der Waals surface area contributed by atoms with Crippen molar-refractivity contribution in [2.75, 3.05) is 17.2 Å². The second kappa shape index (κ2) is 8.80. The molecule has 6 heteroatoms. The lowest BCUT2D eigenvalue weighted by Gasteiger charge is -2.10. The molecule has 3 aromatic rings. The summed E-state index contributed by atoms with van der Waals surface area (Å²) >= 11 is 0. The quantitative estimate of drug-likeness (QED) is 0.650. The molecule has 27 heavy (non-hydrogen) atoms. The van der Waals surface area contributed by atoms with Gasteiger partial charge in [-0.3, -0.25) is 4.79 Å². The number of aromatic nitrogens is 2. The van der Waals surface area contributed by atoms with Gasteiger partial charge in [0.15, 0.2) is 0 Å². The fourth-order valence-corrected chi connectivity index (χ4v) is 2.60. The van der Waals surface area contributed by atoms with Crippen molar-refractivity contribution in [1.29, 1.82) is 0 Å². The molecule has 0 saturated heterocycles. The van der Waals surface area contributed by atoms with E-state index in [4.69, 9.17) is 4.74 Å². The van der Waals surface area contributed by atoms with E-state index in [1.165, 1.54) is 12.4 Å². The van der Waals surface area contributed by atoms with Crippen molar-refractivity contribution in [2.24, 2.45) is 0 Å². The van der Waals surface area contributed by atoms with Crippen molar-refractivity contribution in [3.8, 4) is 5.75 Å². The zero-order chi connectivity index (χ0) is 19.1. The van der Waals surface area contributed by atoms with Gasteiger partial charge in [-0.1, -0.05) is 25.1 Å². The summed E-state index contributed by atoms with van der Waals surface area (Å²) < 4.78 is 5.42. The molecule has 0 unspecified atom stereocenters. The third-order valence-corrected chi connectivity index (χ3v) is 3.97. The highest BCUT2D eigenvalue weighted by Gasteiger charge is 2.10. The van der Waals surface area contributed by atoms with Crippen molar-refractivity contribution in [3.05, 3.63) is 72.2 Å². The summed E-state index contributed by atoms with van der Waals surface area (Å²) in [6.07, 6.45) is 3.84. The molecule has 2 N–H and O–H groups in total. The van der Waals surface area contributed by atoms with Gasteiger partial charge in [-0.15, -0.1) is 0 Å². The Morgan fingerprint density at radius 2 is 1.78 bits per heavy atom. The molecule has 3 rings (SSSR count). The Kier molecular flexibility index (Phi) is 5.99. The van der Waals surface area contributed by atoms with Crippen LogP contribution in [0.3, 0.4) is 0 Å². The summed E-state index contributed by atoms with van der Waals surface area (Å²) in [6.45, 7) is 4.62. The first-order valence-electron chi connectivity index (χ1n) is 8.90. The van der Waals surface area contributed by atoms with Crippen molar-refractivity contribution >= 4 is 23.1 Å². The third-order valence-electron chi connectivity index (χ3n) is 3.97. The highest BCUT2D eigenvalue weighted by molar-refractivity contribution is 6.03. The van der Waals surface area contributed by atoms with Crippen LogP contribution in [0.1, 0.15) is 29.9 Å². The Balaban J connectivity index is 1.65. The average Bonchev–Trinajstić information content (AvgIpc) is 2.70. The van der Waals surface area contributed by atoms with Crippen LogP contribution in [0, 0.1) is 0 Å². The van der Waals surface area contributed by atoms with Gasteiger partial charge in [0.2, 0.25) is 0 Å². The van der Waals surface area contributed by atoms with Crippen LogP contribution < -0.4 is 15.4 Å². The Bertz CT molecular complexity index is 893. The molecule has 1 amide bonds. The molecule has 0 aliphatic rings. The molecule has 0 bridgehead atoms. The lowest BCUT2D eigenvalue weighted by atomic mass is 10.1. The number of anilines is 3. The summed E-state index contributed by atoms with van der Waals surface area (Å²) in [6, 6.07) is 15.3. The Hall–Kier alpha value is -3.41. The molecule has 0 fully saturated rings. The second-order valence-electron chi connectivity index (χ2n) is 5.83. The maximum atomic E-state index is 12.4. The Morgan fingerprint density at radius 3 is 2.44 bits per heavy atom. The number of nitrogens with one attached hydrogen (secondary N) is 2. The van der Waals surface area contributed by atoms with Crippen molar-refractivity contribution in [2.45, 2.75) is 20.3 Å². The summed E-state index contributed by atoms with van der Waals surface area (Å²) in [5.41, 5.74) is 3.00. The fraction of sp³-hybridized carbons (Fsp3) is 0.190. The van der Waals surface area contributed by atoms with Gasteiger partial charge in [0, 0.05) is 11.4 Å². The van der Waals surface area contributed by atoms with E-state index >= 15 is 0 Å². The standard InChI is InChI=1S/C21H22N4O2/c1-3-15-7-5-6-8-18(15)25-21(26)19-13-23-20(14-22-19)24-16-9-11-17(12-10-16)27-4-2/h5-14H,3-4H2,1-2H3,(H,23,24)(H,25,26). The van der Waals surface area contributed by atoms with Crippen LogP contribution in [0.15, 0.2) is 60.9 Å². The smallest absolute Gasteiger partial charge is 0.275 e. The monoisotopic (exact) mass is 362 g/mol. The van der Waals surface area contributed by atoms with Gasteiger partial charge in [-0.05, 0) is 49.2 Å². The summed E-state index contributed by atoms with van der Waals surface area (Å²) in [5.74, 6) is 1.09. The molecule has 0 saturated carbocycles. The molecular formula is C21H22N4O2. The number of ether oxygens (including phenoxy) is 1. The number of nitrogens with zero attached hydrogens (tertiary/aromatic N) is 2. The molecule has 2 aromatic carbocycles. The van der Waals surface area contributed by atoms with Gasteiger partial charge in [-0.25, -0.2) is 9.97 Å². The summed E-state index contributed by atoms with van der Waals surface area (Å²) in [4.78, 5) is 20.9. The van der Waals surface area contributed by atoms with Gasteiger partial charge in [0.1, 0.15) is 17.3 Å². The molecule has 0 radical (unpaired) electrons. The molecule has 0 aliphatic carbocycles. The predicted molar refractivity (Wildman–Crippen MR) is 107 cm³/mol. The largest absolute Gasteiger partial charge is 0.494 e. The lowest BCUT2D eigenvalue weighted by molar-refractivity contribution is 0.102. The minimum Gasteiger partial charge on any atom is -0.494 e. The van der Waals surface area contributed by atoms with Crippen LogP contribution in [-0.2, 0) is 6.42 Å². The van der Waals surface area contributed by atoms with E-state index in [1.807, 2.05) is 62.4 Å². The first-order valence-corrected chi connectivity index (χ1v) is 8.90. The molecular weight excluding hydrogens is 340 g/mol. The number of carbonyl (C=O) groups is 1. The number of rotatable bonds is 7. The van der Waals surface area contributed by atoms with Crippen LogP contribution in [0.4, 0.5) is 17.2 Å². The van der Waals surface area contributed by atoms with E-state index in [0.717, 1.165) is 29.1 Å². The molecule has 6 nitrogen and oxygen atoms in total. The van der Waals surface area contributed by atoms with Gasteiger partial charge >= 0.3 is 0 Å². The predicted octanol–water partition coefficient (Wildman–Crippen LogP) is 4.43. The first kappa shape index (κ1) is 18.4. The summed E-state index contributed by atoms with van der Waals surface area (Å²) in [7, 11) is 0. The van der Waals surface area contributed by atoms with Gasteiger partial charge in [0.05, 0.1) is 19.0 Å². The van der Waals surface area contributed by atoms with Crippen LogP contribution >= 0.6 is 0 Å². The number of carbonyl (C=O) groups excluding carboxylic acids is 1. The third kappa shape index (κ3) is 4.82. The number of para-hydroxylation sites is 1. The number of aryl methyl sites for hydroxylation is 1. The van der Waals surface area contributed by atoms with E-state index in [0.29, 0.717) is 12.4 Å². The Morgan fingerprint density at radius 1 is 1.00 bits per heavy atom. The minimum absolute atomic E-state index is 0.262. The molecule has 0 spiro atoms. The molecule has 138 valence electrons. The van der Waals surface area contributed by atoms with Crippen LogP contribution in [-0.4, -0.2) is 22.5 Å². The lowest BCUT2D eigenvalue weighted by Crippen LogP contribution is -2.15. The average molecular weight is 362 g/mol. The number of hydrogen-bond acceptors (Lipinski definition) is 5.